The van der Waals surface area contributed by atoms with Crippen LogP contribution in [0.2, 0.25) is 0 Å². The van der Waals surface area contributed by atoms with Crippen molar-refractivity contribution in [3.8, 4) is 11.5 Å². The molecule has 0 atom stereocenters. The summed E-state index contributed by atoms with van der Waals surface area (Å²) in [5, 5.41) is 3.03. The average Bonchev–Trinajstić information content (AvgIpc) is 2.59. The average molecular weight is 306 g/mol. The molecule has 0 amide bonds. The van der Waals surface area contributed by atoms with Crippen LogP contribution in [-0.4, -0.2) is 14.2 Å². The molecule has 4 rings (SSSR count). The molecule has 0 unspecified atom stereocenters. The smallest absolute Gasteiger partial charge is 0.200 e. The standard InChI is InChI=1S/C19H14O4/c1-21-13-4-3-11-9-17-16(8-12(11)7-13)19(20)15-6-5-14(22-2)10-18(15)23-17/h3-10H,1-2H3. The van der Waals surface area contributed by atoms with Gasteiger partial charge in [-0.05, 0) is 47.2 Å². The Labute approximate surface area is 131 Å². The van der Waals surface area contributed by atoms with Crippen molar-refractivity contribution in [3.63, 3.8) is 0 Å². The lowest BCUT2D eigenvalue weighted by molar-refractivity contribution is 0.414. The van der Waals surface area contributed by atoms with E-state index in [2.05, 4.69) is 0 Å². The van der Waals surface area contributed by atoms with Crippen LogP contribution in [-0.2, 0) is 0 Å². The van der Waals surface area contributed by atoms with E-state index in [1.54, 1.807) is 32.4 Å². The molecule has 0 N–H and O–H groups in total. The fourth-order valence-corrected chi connectivity index (χ4v) is 2.81. The lowest BCUT2D eigenvalue weighted by Gasteiger charge is -2.06. The van der Waals surface area contributed by atoms with Gasteiger partial charge in [-0.25, -0.2) is 0 Å². The number of benzene rings is 3. The molecule has 0 aliphatic heterocycles. The molecule has 4 nitrogen and oxygen atoms in total. The molecule has 114 valence electrons. The Kier molecular flexibility index (Phi) is 2.98. The predicted octanol–water partition coefficient (Wildman–Crippen LogP) is 4.12. The Hall–Kier alpha value is -3.01. The first-order valence-corrected chi connectivity index (χ1v) is 7.22. The van der Waals surface area contributed by atoms with Gasteiger partial charge in [0.25, 0.3) is 0 Å². The van der Waals surface area contributed by atoms with Crippen molar-refractivity contribution in [1.29, 1.82) is 0 Å². The summed E-state index contributed by atoms with van der Waals surface area (Å²) in [6, 6.07) is 14.7. The van der Waals surface area contributed by atoms with Crippen molar-refractivity contribution in [2.45, 2.75) is 0 Å². The molecule has 0 aliphatic carbocycles. The molecule has 0 radical (unpaired) electrons. The minimum Gasteiger partial charge on any atom is -0.497 e. The Bertz CT molecular complexity index is 1110. The van der Waals surface area contributed by atoms with Crippen LogP contribution in [0.3, 0.4) is 0 Å². The van der Waals surface area contributed by atoms with Crippen LogP contribution in [0.15, 0.2) is 57.7 Å². The molecule has 23 heavy (non-hydrogen) atoms. The van der Waals surface area contributed by atoms with Crippen molar-refractivity contribution in [2.75, 3.05) is 14.2 Å². The van der Waals surface area contributed by atoms with Gasteiger partial charge in [-0.1, -0.05) is 6.07 Å². The van der Waals surface area contributed by atoms with Crippen LogP contribution in [0.5, 0.6) is 11.5 Å². The van der Waals surface area contributed by atoms with Gasteiger partial charge >= 0.3 is 0 Å². The predicted molar refractivity (Wildman–Crippen MR) is 90.6 cm³/mol. The van der Waals surface area contributed by atoms with Crippen molar-refractivity contribution in [3.05, 3.63) is 58.8 Å². The van der Waals surface area contributed by atoms with E-state index in [0.717, 1.165) is 16.5 Å². The van der Waals surface area contributed by atoms with Gasteiger partial charge in [0.15, 0.2) is 0 Å². The van der Waals surface area contributed by atoms with E-state index < -0.39 is 0 Å². The van der Waals surface area contributed by atoms with Crippen LogP contribution < -0.4 is 14.9 Å². The molecule has 4 aromatic rings. The molecule has 4 heteroatoms. The summed E-state index contributed by atoms with van der Waals surface area (Å²) in [5.74, 6) is 1.41. The monoisotopic (exact) mass is 306 g/mol. The number of methoxy groups -OCH3 is 2. The summed E-state index contributed by atoms with van der Waals surface area (Å²) in [6.45, 7) is 0. The van der Waals surface area contributed by atoms with Crippen molar-refractivity contribution < 1.29 is 13.9 Å². The topological polar surface area (TPSA) is 48.7 Å². The van der Waals surface area contributed by atoms with Crippen molar-refractivity contribution in [1.82, 2.24) is 0 Å². The van der Waals surface area contributed by atoms with Crippen LogP contribution >= 0.6 is 0 Å². The van der Waals surface area contributed by atoms with Gasteiger partial charge in [-0.15, -0.1) is 0 Å². The van der Waals surface area contributed by atoms with Crippen LogP contribution in [0.4, 0.5) is 0 Å². The first-order chi connectivity index (χ1) is 11.2. The van der Waals surface area contributed by atoms with E-state index >= 15 is 0 Å². The minimum absolute atomic E-state index is 0.0476. The molecule has 3 aromatic carbocycles. The highest BCUT2D eigenvalue weighted by molar-refractivity contribution is 5.99. The Balaban J connectivity index is 2.11. The fourth-order valence-electron chi connectivity index (χ4n) is 2.81. The minimum atomic E-state index is -0.0476. The second-order valence-electron chi connectivity index (χ2n) is 5.35. The number of hydrogen-bond donors (Lipinski definition) is 0. The lowest BCUT2D eigenvalue weighted by Crippen LogP contribution is -2.02. The largest absolute Gasteiger partial charge is 0.497 e. The molecule has 0 aliphatic rings. The SMILES string of the molecule is COc1ccc2cc3oc4cc(OC)ccc4c(=O)c3cc2c1. The third kappa shape index (κ3) is 2.11. The lowest BCUT2D eigenvalue weighted by atomic mass is 10.1. The highest BCUT2D eigenvalue weighted by atomic mass is 16.5. The summed E-state index contributed by atoms with van der Waals surface area (Å²) >= 11 is 0. The molecule has 0 fully saturated rings. The summed E-state index contributed by atoms with van der Waals surface area (Å²) in [6.07, 6.45) is 0. The van der Waals surface area contributed by atoms with E-state index in [9.17, 15) is 4.79 Å². The van der Waals surface area contributed by atoms with E-state index in [1.165, 1.54) is 0 Å². The van der Waals surface area contributed by atoms with Crippen molar-refractivity contribution in [2.24, 2.45) is 0 Å². The van der Waals surface area contributed by atoms with Gasteiger partial charge in [0.2, 0.25) is 5.43 Å². The third-order valence-electron chi connectivity index (χ3n) is 4.04. The maximum atomic E-state index is 12.8. The van der Waals surface area contributed by atoms with Crippen LogP contribution in [0, 0.1) is 0 Å². The molecule has 0 spiro atoms. The van der Waals surface area contributed by atoms with Gasteiger partial charge in [0.1, 0.15) is 22.7 Å². The van der Waals surface area contributed by atoms with Crippen LogP contribution in [0.1, 0.15) is 0 Å². The van der Waals surface area contributed by atoms with E-state index in [4.69, 9.17) is 13.9 Å². The zero-order chi connectivity index (χ0) is 16.0. The Morgan fingerprint density at radius 1 is 0.739 bits per heavy atom. The molecule has 1 heterocycles. The Morgan fingerprint density at radius 3 is 2.22 bits per heavy atom. The number of rotatable bonds is 2. The van der Waals surface area contributed by atoms with E-state index in [0.29, 0.717) is 27.7 Å². The first kappa shape index (κ1) is 13.6. The zero-order valence-corrected chi connectivity index (χ0v) is 12.8. The van der Waals surface area contributed by atoms with Gasteiger partial charge in [0.05, 0.1) is 25.0 Å². The van der Waals surface area contributed by atoms with E-state index in [1.807, 2.05) is 30.3 Å². The van der Waals surface area contributed by atoms with Gasteiger partial charge in [-0.3, -0.25) is 4.79 Å². The molecule has 0 bridgehead atoms. The summed E-state index contributed by atoms with van der Waals surface area (Å²) < 4.78 is 16.4. The molecule has 0 saturated heterocycles. The Morgan fingerprint density at radius 2 is 1.43 bits per heavy atom. The van der Waals surface area contributed by atoms with Crippen molar-refractivity contribution >= 4 is 32.7 Å². The highest BCUT2D eigenvalue weighted by Crippen LogP contribution is 2.28. The second kappa shape index (κ2) is 5.02. The normalized spacial score (nSPS) is 11.2. The fraction of sp³-hybridized carbons (Fsp3) is 0.105. The summed E-state index contributed by atoms with van der Waals surface area (Å²) in [5.41, 5.74) is 1.04. The summed E-state index contributed by atoms with van der Waals surface area (Å²) in [7, 11) is 3.21. The van der Waals surface area contributed by atoms with Gasteiger partial charge in [0, 0.05) is 6.07 Å². The molecular weight excluding hydrogens is 292 g/mol. The second-order valence-corrected chi connectivity index (χ2v) is 5.35. The third-order valence-corrected chi connectivity index (χ3v) is 4.04. The van der Waals surface area contributed by atoms with E-state index in [-0.39, 0.29) is 5.43 Å². The van der Waals surface area contributed by atoms with Gasteiger partial charge < -0.3 is 13.9 Å². The number of fused-ring (bicyclic) bond motifs is 3. The molecule has 0 saturated carbocycles. The highest BCUT2D eigenvalue weighted by Gasteiger charge is 2.10. The zero-order valence-electron chi connectivity index (χ0n) is 12.8. The maximum Gasteiger partial charge on any atom is 0.200 e. The van der Waals surface area contributed by atoms with Gasteiger partial charge in [-0.2, -0.15) is 0 Å². The molecular formula is C19H14O4. The first-order valence-electron chi connectivity index (χ1n) is 7.22. The van der Waals surface area contributed by atoms with Crippen LogP contribution in [0.25, 0.3) is 32.7 Å². The molecule has 1 aromatic heterocycles. The summed E-state index contributed by atoms with van der Waals surface area (Å²) in [4.78, 5) is 12.8. The quantitative estimate of drug-likeness (QED) is 0.523. The number of ether oxygens (including phenoxy) is 2. The maximum absolute atomic E-state index is 12.8. The number of hydrogen-bond acceptors (Lipinski definition) is 4.